The third-order valence-corrected chi connectivity index (χ3v) is 7.01. The molecule has 30 heavy (non-hydrogen) atoms. The van der Waals surface area contributed by atoms with Crippen LogP contribution in [-0.2, 0) is 23.5 Å². The topological polar surface area (TPSA) is 159 Å². The highest BCUT2D eigenvalue weighted by molar-refractivity contribution is 7.53. The number of carbonyl (C=O) groups excluding carboxylic acids is 2. The maximum Gasteiger partial charge on any atom is 0.350 e. The maximum absolute atomic E-state index is 12.9. The van der Waals surface area contributed by atoms with Crippen molar-refractivity contribution in [3.05, 3.63) is 0 Å². The second-order valence-corrected chi connectivity index (χ2v) is 9.72. The summed E-state index contributed by atoms with van der Waals surface area (Å²) in [5.41, 5.74) is 5.86. The van der Waals surface area contributed by atoms with E-state index in [4.69, 9.17) is 10.3 Å². The zero-order chi connectivity index (χ0) is 22.9. The van der Waals surface area contributed by atoms with Gasteiger partial charge in [-0.1, -0.05) is 39.5 Å². The summed E-state index contributed by atoms with van der Waals surface area (Å²) in [6.07, 6.45) is 3.12. The molecule has 0 bridgehead atoms. The second-order valence-electron chi connectivity index (χ2n) is 7.75. The predicted molar refractivity (Wildman–Crippen MR) is 112 cm³/mol. The van der Waals surface area contributed by atoms with E-state index in [1.54, 1.807) is 0 Å². The Morgan fingerprint density at radius 2 is 1.83 bits per heavy atom. The fourth-order valence-corrected chi connectivity index (χ4v) is 4.90. The first-order chi connectivity index (χ1) is 14.0. The molecule has 5 atom stereocenters. The van der Waals surface area contributed by atoms with E-state index in [1.165, 1.54) is 6.92 Å². The molecule has 0 radical (unpaired) electrons. The smallest absolute Gasteiger partial charge is 0.350 e. The van der Waals surface area contributed by atoms with E-state index in [-0.39, 0.29) is 13.0 Å². The van der Waals surface area contributed by atoms with Crippen LogP contribution in [0.25, 0.3) is 0 Å². The van der Waals surface area contributed by atoms with Crippen LogP contribution in [0, 0.1) is 0 Å². The number of nitrogens with one attached hydrogen (secondary N) is 1. The van der Waals surface area contributed by atoms with Gasteiger partial charge in [-0.25, -0.2) is 4.79 Å². The van der Waals surface area contributed by atoms with E-state index in [2.05, 4.69) is 5.32 Å². The summed E-state index contributed by atoms with van der Waals surface area (Å²) in [6.45, 7) is 5.44. The van der Waals surface area contributed by atoms with Crippen LogP contribution in [-0.4, -0.2) is 63.2 Å². The lowest BCUT2D eigenvalue weighted by molar-refractivity contribution is -0.151. The quantitative estimate of drug-likeness (QED) is 0.310. The minimum absolute atomic E-state index is 0.193. The summed E-state index contributed by atoms with van der Waals surface area (Å²) in [5.74, 6) is -3.50. The summed E-state index contributed by atoms with van der Waals surface area (Å²) in [7, 11) is -4.43. The zero-order valence-corrected chi connectivity index (χ0v) is 19.0. The van der Waals surface area contributed by atoms with E-state index >= 15 is 0 Å². The van der Waals surface area contributed by atoms with Gasteiger partial charge in [0.25, 0.3) is 5.91 Å². The lowest BCUT2D eigenvalue weighted by Gasteiger charge is -2.29. The summed E-state index contributed by atoms with van der Waals surface area (Å²) >= 11 is 0. The van der Waals surface area contributed by atoms with Crippen molar-refractivity contribution < 1.29 is 33.5 Å². The van der Waals surface area contributed by atoms with Crippen molar-refractivity contribution in [2.24, 2.45) is 5.73 Å². The van der Waals surface area contributed by atoms with Gasteiger partial charge in [0.15, 0.2) is 0 Å². The van der Waals surface area contributed by atoms with E-state index in [0.29, 0.717) is 25.7 Å². The molecule has 5 N–H and O–H groups in total. The molecular formula is C19H36N3O7P. The van der Waals surface area contributed by atoms with Crippen LogP contribution in [0.1, 0.15) is 72.1 Å². The Balaban J connectivity index is 2.85. The van der Waals surface area contributed by atoms with Gasteiger partial charge < -0.3 is 26.0 Å². The largest absolute Gasteiger partial charge is 0.480 e. The molecule has 1 saturated heterocycles. The number of aliphatic carboxylic acids is 1. The SMILES string of the molecule is CCCC[C@H](N)C(=O)N[C@H](CCCC)P(=O)(O)OC(C)C(=O)N1CCC[C@H]1C(=O)O. The maximum atomic E-state index is 12.9. The fraction of sp³-hybridized carbons (Fsp3) is 0.842. The average molecular weight is 449 g/mol. The van der Waals surface area contributed by atoms with Crippen LogP contribution in [0.15, 0.2) is 0 Å². The van der Waals surface area contributed by atoms with Gasteiger partial charge in [-0.3, -0.25) is 18.7 Å². The molecule has 174 valence electrons. The van der Waals surface area contributed by atoms with Crippen molar-refractivity contribution in [3.63, 3.8) is 0 Å². The van der Waals surface area contributed by atoms with Crippen molar-refractivity contribution in [1.82, 2.24) is 10.2 Å². The molecule has 0 aliphatic carbocycles. The van der Waals surface area contributed by atoms with Gasteiger partial charge in [0, 0.05) is 6.54 Å². The zero-order valence-electron chi connectivity index (χ0n) is 18.1. The highest BCUT2D eigenvalue weighted by Gasteiger charge is 2.41. The van der Waals surface area contributed by atoms with Gasteiger partial charge in [-0.15, -0.1) is 0 Å². The minimum Gasteiger partial charge on any atom is -0.480 e. The van der Waals surface area contributed by atoms with Crippen LogP contribution >= 0.6 is 7.60 Å². The lowest BCUT2D eigenvalue weighted by atomic mass is 10.1. The van der Waals surface area contributed by atoms with Crippen molar-refractivity contribution >= 4 is 25.4 Å². The lowest BCUT2D eigenvalue weighted by Crippen LogP contribution is -2.47. The van der Waals surface area contributed by atoms with Crippen LogP contribution in [0.5, 0.6) is 0 Å². The Morgan fingerprint density at radius 3 is 2.40 bits per heavy atom. The number of carboxylic acid groups (broad SMARTS) is 1. The van der Waals surface area contributed by atoms with Gasteiger partial charge in [-0.05, 0) is 32.6 Å². The summed E-state index contributed by atoms with van der Waals surface area (Å²) < 4.78 is 18.2. The summed E-state index contributed by atoms with van der Waals surface area (Å²) in [5, 5.41) is 11.8. The first-order valence-electron chi connectivity index (χ1n) is 10.6. The predicted octanol–water partition coefficient (Wildman–Crippen LogP) is 1.80. The van der Waals surface area contributed by atoms with Crippen LogP contribution in [0.3, 0.4) is 0 Å². The number of unbranched alkanes of at least 4 members (excludes halogenated alkanes) is 2. The Morgan fingerprint density at radius 1 is 1.23 bits per heavy atom. The van der Waals surface area contributed by atoms with E-state index < -0.39 is 49.4 Å². The number of nitrogens with two attached hydrogens (primary N) is 1. The Bertz CT molecular complexity index is 646. The molecule has 10 nitrogen and oxygen atoms in total. The van der Waals surface area contributed by atoms with E-state index in [0.717, 1.165) is 24.2 Å². The molecule has 0 saturated carbocycles. The number of nitrogens with zero attached hydrogens (tertiary/aromatic N) is 1. The van der Waals surface area contributed by atoms with Crippen molar-refractivity contribution in [2.75, 3.05) is 6.54 Å². The van der Waals surface area contributed by atoms with Crippen molar-refractivity contribution in [3.8, 4) is 0 Å². The number of amides is 2. The second kappa shape index (κ2) is 12.4. The highest BCUT2D eigenvalue weighted by Crippen LogP contribution is 2.49. The molecule has 11 heteroatoms. The third-order valence-electron chi connectivity index (χ3n) is 5.22. The molecule has 0 aromatic carbocycles. The van der Waals surface area contributed by atoms with E-state index in [9.17, 15) is 28.9 Å². The molecule has 1 aliphatic heterocycles. The van der Waals surface area contributed by atoms with Crippen LogP contribution < -0.4 is 11.1 Å². The van der Waals surface area contributed by atoms with Crippen molar-refractivity contribution in [1.29, 1.82) is 0 Å². The molecule has 2 unspecified atom stereocenters. The number of likely N-dealkylation sites (tertiary alicyclic amines) is 1. The van der Waals surface area contributed by atoms with Gasteiger partial charge in [-0.2, -0.15) is 0 Å². The Kier molecular flexibility index (Phi) is 11.0. The minimum atomic E-state index is -4.43. The third kappa shape index (κ3) is 7.65. The van der Waals surface area contributed by atoms with Gasteiger partial charge in [0.05, 0.1) is 6.04 Å². The van der Waals surface area contributed by atoms with Gasteiger partial charge >= 0.3 is 13.6 Å². The number of hydrogen-bond donors (Lipinski definition) is 4. The number of rotatable bonds is 13. The normalized spacial score (nSPS) is 21.5. The number of carbonyl (C=O) groups is 3. The monoisotopic (exact) mass is 449 g/mol. The molecule has 0 spiro atoms. The molecule has 1 heterocycles. The number of carboxylic acids is 1. The molecule has 0 aromatic heterocycles. The first kappa shape index (κ1) is 26.6. The Hall–Kier alpha value is -1.48. The standard InChI is InChI=1S/C19H36N3O7P/c1-4-6-9-14(20)17(23)21-16(11-7-5-2)30(27,28)29-13(3)18(24)22-12-8-10-15(22)19(25)26/h13-16H,4-12,20H2,1-3H3,(H,21,23)(H,25,26)(H,27,28)/t13?,14-,15-,16-/m0/s1. The molecule has 1 rings (SSSR count). The average Bonchev–Trinajstić information content (AvgIpc) is 3.17. The van der Waals surface area contributed by atoms with Crippen LogP contribution in [0.2, 0.25) is 0 Å². The molecular weight excluding hydrogens is 413 g/mol. The van der Waals surface area contributed by atoms with Crippen LogP contribution in [0.4, 0.5) is 0 Å². The molecule has 1 fully saturated rings. The molecule has 2 amide bonds. The van der Waals surface area contributed by atoms with Gasteiger partial charge in [0.1, 0.15) is 17.9 Å². The first-order valence-corrected chi connectivity index (χ1v) is 12.3. The highest BCUT2D eigenvalue weighted by atomic mass is 31.2. The summed E-state index contributed by atoms with van der Waals surface area (Å²) in [6, 6.07) is -1.76. The molecule has 0 aromatic rings. The fourth-order valence-electron chi connectivity index (χ4n) is 3.41. The molecule has 1 aliphatic rings. The van der Waals surface area contributed by atoms with Gasteiger partial charge in [0.2, 0.25) is 5.91 Å². The van der Waals surface area contributed by atoms with E-state index in [1.807, 2.05) is 13.8 Å². The Labute approximate surface area is 178 Å². The van der Waals surface area contributed by atoms with Crippen molar-refractivity contribution in [2.45, 2.75) is 96.1 Å². The number of hydrogen-bond acceptors (Lipinski definition) is 6. The summed E-state index contributed by atoms with van der Waals surface area (Å²) in [4.78, 5) is 48.0.